The van der Waals surface area contributed by atoms with Crippen LogP contribution in [0.3, 0.4) is 0 Å². The number of aromatic carboxylic acids is 1. The number of carboxylic acids is 1. The van der Waals surface area contributed by atoms with E-state index in [1.165, 1.54) is 27.6 Å². The van der Waals surface area contributed by atoms with Gasteiger partial charge in [0.2, 0.25) is 0 Å². The number of hydrogen-bond acceptors (Lipinski definition) is 5. The highest BCUT2D eigenvalue weighted by atomic mass is 16.4. The van der Waals surface area contributed by atoms with Gasteiger partial charge in [-0.3, -0.25) is 0 Å². The van der Waals surface area contributed by atoms with Crippen LogP contribution in [0.15, 0.2) is 36.4 Å². The van der Waals surface area contributed by atoms with Crippen LogP contribution in [-0.4, -0.2) is 35.7 Å². The van der Waals surface area contributed by atoms with E-state index in [0.717, 1.165) is 55.8 Å². The second-order valence-corrected chi connectivity index (χ2v) is 9.60. The normalized spacial score (nSPS) is 18.0. The van der Waals surface area contributed by atoms with Crippen LogP contribution in [0, 0.1) is 31.1 Å². The topological polar surface area (TPSA) is 80.5 Å². The van der Waals surface area contributed by atoms with Crippen molar-refractivity contribution >= 4 is 28.1 Å². The number of piperidine rings is 1. The minimum Gasteiger partial charge on any atom is -0.477 e. The van der Waals surface area contributed by atoms with Gasteiger partial charge in [-0.05, 0) is 56.0 Å². The lowest BCUT2D eigenvalue weighted by molar-refractivity contribution is 0.0689. The molecule has 0 amide bonds. The summed E-state index contributed by atoms with van der Waals surface area (Å²) in [4.78, 5) is 21.5. The number of carbonyl (C=O) groups is 1. The van der Waals surface area contributed by atoms with Crippen molar-refractivity contribution < 1.29 is 9.90 Å². The highest BCUT2D eigenvalue weighted by Crippen LogP contribution is 2.38. The molecule has 6 nitrogen and oxygen atoms in total. The minimum atomic E-state index is -0.981. The number of aromatic nitrogens is 1. The summed E-state index contributed by atoms with van der Waals surface area (Å²) in [5, 5.41) is 21.6. The maximum absolute atomic E-state index is 12.1. The third-order valence-electron chi connectivity index (χ3n) is 7.41. The summed E-state index contributed by atoms with van der Waals surface area (Å²) in [7, 11) is 0. The monoisotopic (exact) mass is 454 g/mol. The standard InChI is InChI=1S/C28H30N4O2/c1-18-6-3-8-21-9-4-10-24(25(18)21)31-15-12-22-23(17-31)30-26(28(33)34)19(2)27(22)32-14-5-7-20(16-32)11-13-29/h3-4,6,8-10,20H,5,7,11-12,14-17H2,1-2H3,(H,33,34)/t20-/m0/s1. The van der Waals surface area contributed by atoms with Crippen molar-refractivity contribution in [1.29, 1.82) is 5.26 Å². The molecule has 34 heavy (non-hydrogen) atoms. The van der Waals surface area contributed by atoms with Crippen LogP contribution >= 0.6 is 0 Å². The Bertz CT molecular complexity index is 1300. The van der Waals surface area contributed by atoms with Crippen LogP contribution < -0.4 is 9.80 Å². The van der Waals surface area contributed by atoms with Crippen LogP contribution in [0.2, 0.25) is 0 Å². The summed E-state index contributed by atoms with van der Waals surface area (Å²) < 4.78 is 0. The molecule has 1 aromatic heterocycles. The van der Waals surface area contributed by atoms with E-state index in [4.69, 9.17) is 0 Å². The Morgan fingerprint density at radius 1 is 1.18 bits per heavy atom. The lowest BCUT2D eigenvalue weighted by atomic mass is 9.91. The second-order valence-electron chi connectivity index (χ2n) is 9.60. The largest absolute Gasteiger partial charge is 0.477 e. The van der Waals surface area contributed by atoms with Crippen molar-refractivity contribution in [1.82, 2.24) is 4.98 Å². The average molecular weight is 455 g/mol. The molecule has 0 bridgehead atoms. The van der Waals surface area contributed by atoms with Crippen molar-refractivity contribution in [2.75, 3.05) is 29.4 Å². The number of fused-ring (bicyclic) bond motifs is 2. The molecule has 1 fully saturated rings. The molecule has 1 atom stereocenters. The third kappa shape index (κ3) is 3.86. The van der Waals surface area contributed by atoms with E-state index in [0.29, 0.717) is 18.9 Å². The maximum Gasteiger partial charge on any atom is 0.354 e. The van der Waals surface area contributed by atoms with Gasteiger partial charge in [0.05, 0.1) is 18.3 Å². The van der Waals surface area contributed by atoms with E-state index in [9.17, 15) is 15.2 Å². The predicted octanol–water partition coefficient (Wildman–Crippen LogP) is 5.24. The van der Waals surface area contributed by atoms with E-state index < -0.39 is 5.97 Å². The van der Waals surface area contributed by atoms with Gasteiger partial charge in [-0.1, -0.05) is 30.3 Å². The molecule has 3 heterocycles. The number of nitriles is 1. The van der Waals surface area contributed by atoms with Crippen molar-refractivity contribution in [2.45, 2.75) is 46.1 Å². The lowest BCUT2D eigenvalue weighted by Gasteiger charge is -2.39. The number of hydrogen-bond donors (Lipinski definition) is 1. The quantitative estimate of drug-likeness (QED) is 0.580. The van der Waals surface area contributed by atoms with Gasteiger partial charge in [0.1, 0.15) is 0 Å². The van der Waals surface area contributed by atoms with Gasteiger partial charge in [0, 0.05) is 53.9 Å². The molecule has 2 aromatic carbocycles. The summed E-state index contributed by atoms with van der Waals surface area (Å²) in [5.41, 5.74) is 6.38. The van der Waals surface area contributed by atoms with Crippen molar-refractivity contribution in [2.24, 2.45) is 5.92 Å². The fraction of sp³-hybridized carbons (Fsp3) is 0.393. The molecule has 0 spiro atoms. The molecular weight excluding hydrogens is 424 g/mol. The van der Waals surface area contributed by atoms with E-state index >= 15 is 0 Å². The summed E-state index contributed by atoms with van der Waals surface area (Å²) in [6.07, 6.45) is 3.44. The number of anilines is 2. The fourth-order valence-corrected chi connectivity index (χ4v) is 5.84. The summed E-state index contributed by atoms with van der Waals surface area (Å²) in [6.45, 7) is 7.17. The number of pyridine rings is 1. The van der Waals surface area contributed by atoms with Crippen LogP contribution in [0.25, 0.3) is 10.8 Å². The first-order chi connectivity index (χ1) is 16.5. The van der Waals surface area contributed by atoms with Gasteiger partial charge < -0.3 is 14.9 Å². The zero-order valence-corrected chi connectivity index (χ0v) is 19.8. The van der Waals surface area contributed by atoms with Gasteiger partial charge in [0.15, 0.2) is 5.69 Å². The van der Waals surface area contributed by atoms with Gasteiger partial charge in [-0.2, -0.15) is 5.26 Å². The van der Waals surface area contributed by atoms with E-state index in [-0.39, 0.29) is 5.69 Å². The SMILES string of the molecule is Cc1c(C(=O)O)nc2c(c1N1CCC[C@@H](CC#N)C1)CCN(c1cccc3cccc(C)c13)C2. The molecule has 0 aliphatic carbocycles. The molecule has 0 radical (unpaired) electrons. The number of aryl methyl sites for hydroxylation is 1. The fourth-order valence-electron chi connectivity index (χ4n) is 5.84. The molecule has 0 saturated carbocycles. The highest BCUT2D eigenvalue weighted by molar-refractivity contribution is 5.97. The number of carboxylic acid groups (broad SMARTS) is 1. The molecule has 0 unspecified atom stereocenters. The van der Waals surface area contributed by atoms with Crippen LogP contribution in [0.5, 0.6) is 0 Å². The maximum atomic E-state index is 12.1. The van der Waals surface area contributed by atoms with E-state index in [1.54, 1.807) is 0 Å². The molecule has 6 heteroatoms. The molecule has 2 aliphatic rings. The Balaban J connectivity index is 1.57. The van der Waals surface area contributed by atoms with E-state index in [2.05, 4.69) is 64.2 Å². The van der Waals surface area contributed by atoms with Crippen LogP contribution in [-0.2, 0) is 13.0 Å². The number of nitrogens with zero attached hydrogens (tertiary/aromatic N) is 4. The number of rotatable bonds is 4. The smallest absolute Gasteiger partial charge is 0.354 e. The zero-order valence-electron chi connectivity index (χ0n) is 19.8. The zero-order chi connectivity index (χ0) is 23.8. The Hall–Kier alpha value is -3.59. The van der Waals surface area contributed by atoms with E-state index in [1.807, 2.05) is 6.92 Å². The van der Waals surface area contributed by atoms with Crippen molar-refractivity contribution in [3.8, 4) is 6.07 Å². The lowest BCUT2D eigenvalue weighted by Crippen LogP contribution is -2.39. The summed E-state index contributed by atoms with van der Waals surface area (Å²) in [5.74, 6) is -0.653. The number of benzene rings is 2. The van der Waals surface area contributed by atoms with Crippen LogP contribution in [0.1, 0.15) is 52.1 Å². The van der Waals surface area contributed by atoms with Crippen molar-refractivity contribution in [3.63, 3.8) is 0 Å². The Morgan fingerprint density at radius 3 is 2.74 bits per heavy atom. The molecule has 3 aromatic rings. The first-order valence-electron chi connectivity index (χ1n) is 12.1. The summed E-state index contributed by atoms with van der Waals surface area (Å²) >= 11 is 0. The molecule has 1 N–H and O–H groups in total. The molecule has 1 saturated heterocycles. The van der Waals surface area contributed by atoms with Gasteiger partial charge in [-0.15, -0.1) is 0 Å². The van der Waals surface area contributed by atoms with Gasteiger partial charge in [0.25, 0.3) is 0 Å². The average Bonchev–Trinajstić information content (AvgIpc) is 2.83. The molecular formula is C28H30N4O2. The van der Waals surface area contributed by atoms with Crippen molar-refractivity contribution in [3.05, 3.63) is 64.5 Å². The second kappa shape index (κ2) is 8.98. The summed E-state index contributed by atoms with van der Waals surface area (Å²) in [6, 6.07) is 15.1. The Morgan fingerprint density at radius 2 is 1.97 bits per heavy atom. The Kier molecular flexibility index (Phi) is 5.87. The molecule has 2 aliphatic heterocycles. The van der Waals surface area contributed by atoms with Crippen LogP contribution in [0.4, 0.5) is 11.4 Å². The third-order valence-corrected chi connectivity index (χ3v) is 7.41. The minimum absolute atomic E-state index is 0.145. The first kappa shape index (κ1) is 22.2. The highest BCUT2D eigenvalue weighted by Gasteiger charge is 2.31. The molecule has 174 valence electrons. The molecule has 5 rings (SSSR count). The van der Waals surface area contributed by atoms with Gasteiger partial charge >= 0.3 is 5.97 Å². The Labute approximate surface area is 200 Å². The van der Waals surface area contributed by atoms with Gasteiger partial charge in [-0.25, -0.2) is 9.78 Å². The first-order valence-corrected chi connectivity index (χ1v) is 12.1. The predicted molar refractivity (Wildman–Crippen MR) is 135 cm³/mol.